The van der Waals surface area contributed by atoms with Gasteiger partial charge in [-0.05, 0) is 107 Å². The van der Waals surface area contributed by atoms with Crippen LogP contribution in [0.5, 0.6) is 0 Å². The highest BCUT2D eigenvalue weighted by Crippen LogP contribution is 2.13. The van der Waals surface area contributed by atoms with Crippen LogP contribution in [0.3, 0.4) is 0 Å². The molecule has 8 N–H and O–H groups in total. The second-order valence-electron chi connectivity index (χ2n) is 7.73. The zero-order chi connectivity index (χ0) is 22.4. The molecule has 0 spiro atoms. The maximum atomic E-state index is 5.51. The third-order valence-corrected chi connectivity index (χ3v) is 5.00. The number of rotatable bonds is 21. The molecule has 0 aliphatic carbocycles. The largest absolute Gasteiger partial charge is 0.330 e. The summed E-state index contributed by atoms with van der Waals surface area (Å²) in [5, 5.41) is 15.7. The highest BCUT2D eigenvalue weighted by Gasteiger charge is 2.01. The maximum absolute atomic E-state index is 5.51. The first-order chi connectivity index (χ1) is 15.3. The Hall–Kier alpha value is -1.19. The van der Waals surface area contributed by atoms with Crippen molar-refractivity contribution in [2.24, 2.45) is 11.5 Å². The van der Waals surface area contributed by atoms with Crippen LogP contribution in [0.4, 0.5) is 0 Å². The summed E-state index contributed by atoms with van der Waals surface area (Å²) >= 11 is 4.93. The molecule has 0 bridgehead atoms. The summed E-state index contributed by atoms with van der Waals surface area (Å²) in [6.07, 6.45) is 9.42. The number of allylic oxidation sites excluding steroid dienone is 1. The summed E-state index contributed by atoms with van der Waals surface area (Å²) in [5.41, 5.74) is 14.9. The number of nitrogens with one attached hydrogen (secondary N) is 4. The molecule has 1 rings (SSSR count). The molecule has 7 heteroatoms. The lowest BCUT2D eigenvalue weighted by atomic mass is 10.0. The molecule has 0 heterocycles. The Morgan fingerprint density at radius 3 is 1.65 bits per heavy atom. The first-order valence-corrected chi connectivity index (χ1v) is 12.2. The van der Waals surface area contributed by atoms with Gasteiger partial charge in [-0.2, -0.15) is 0 Å². The molecule has 1 aromatic carbocycles. The maximum Gasteiger partial charge on any atom is 0.0205 e. The first kappa shape index (κ1) is 27.8. The number of thiocarbonyl (C=S) groups is 1. The van der Waals surface area contributed by atoms with Gasteiger partial charge in [0.1, 0.15) is 0 Å². The van der Waals surface area contributed by atoms with E-state index in [4.69, 9.17) is 23.7 Å². The van der Waals surface area contributed by atoms with E-state index in [1.54, 1.807) is 5.37 Å². The van der Waals surface area contributed by atoms with Gasteiger partial charge in [0.2, 0.25) is 0 Å². The van der Waals surface area contributed by atoms with Crippen molar-refractivity contribution < 1.29 is 0 Å². The van der Waals surface area contributed by atoms with Crippen LogP contribution in [0.25, 0.3) is 6.08 Å². The molecule has 0 atom stereocenters. The summed E-state index contributed by atoms with van der Waals surface area (Å²) in [5.74, 6) is 0. The van der Waals surface area contributed by atoms with E-state index in [9.17, 15) is 0 Å². The molecular weight excluding hydrogens is 404 g/mol. The molecule has 0 fully saturated rings. The number of hydrogen-bond acceptors (Lipinski definition) is 7. The Labute approximate surface area is 195 Å². The van der Waals surface area contributed by atoms with E-state index >= 15 is 0 Å². The minimum Gasteiger partial charge on any atom is -0.330 e. The van der Waals surface area contributed by atoms with Crippen LogP contribution < -0.4 is 32.7 Å². The van der Waals surface area contributed by atoms with E-state index in [-0.39, 0.29) is 0 Å². The van der Waals surface area contributed by atoms with Gasteiger partial charge >= 0.3 is 0 Å². The minimum atomic E-state index is 0.753. The fraction of sp³-hybridized carbons (Fsp3) is 0.625. The first-order valence-electron chi connectivity index (χ1n) is 11.8. The third kappa shape index (κ3) is 16.1. The molecule has 0 radical (unpaired) electrons. The molecule has 0 aliphatic heterocycles. The summed E-state index contributed by atoms with van der Waals surface area (Å²) in [4.78, 5) is 0. The molecule has 0 unspecified atom stereocenters. The van der Waals surface area contributed by atoms with Gasteiger partial charge in [-0.15, -0.1) is 0 Å². The average molecular weight is 449 g/mol. The van der Waals surface area contributed by atoms with Crippen molar-refractivity contribution in [3.63, 3.8) is 0 Å². The second kappa shape index (κ2) is 20.7. The second-order valence-corrected chi connectivity index (χ2v) is 8.07. The zero-order valence-electron chi connectivity index (χ0n) is 19.1. The lowest BCUT2D eigenvalue weighted by Gasteiger charge is -2.11. The third-order valence-electron chi connectivity index (χ3n) is 4.81. The standard InChI is InChI=1S/C24H44N6S/c25-8-3-10-27-12-5-14-29-20-23-17-22(7-1-2-16-31)18-24(19-23)21-30-15-6-13-28-11-4-9-26/h1,7,16-19,27-30H,2-6,8-15,20-21,25-26H2/b7-1+. The molecule has 6 nitrogen and oxygen atoms in total. The van der Waals surface area contributed by atoms with Gasteiger partial charge in [0.05, 0.1) is 0 Å². The molecular formula is C24H44N6S. The monoisotopic (exact) mass is 448 g/mol. The van der Waals surface area contributed by atoms with Crippen LogP contribution in [0.1, 0.15) is 48.8 Å². The molecule has 0 aliphatic rings. The highest BCUT2D eigenvalue weighted by molar-refractivity contribution is 7.79. The summed E-state index contributed by atoms with van der Waals surface area (Å²) in [7, 11) is 0. The minimum absolute atomic E-state index is 0.753. The Bertz CT molecular complexity index is 555. The van der Waals surface area contributed by atoms with E-state index in [0.29, 0.717) is 0 Å². The molecule has 176 valence electrons. The predicted octanol–water partition coefficient (Wildman–Crippen LogP) is 1.93. The van der Waals surface area contributed by atoms with Gasteiger partial charge in [0.25, 0.3) is 0 Å². The van der Waals surface area contributed by atoms with Gasteiger partial charge in [-0.1, -0.05) is 42.6 Å². The average Bonchev–Trinajstić information content (AvgIpc) is 2.77. The number of hydrogen-bond donors (Lipinski definition) is 6. The molecule has 0 amide bonds. The van der Waals surface area contributed by atoms with Crippen molar-refractivity contribution in [2.45, 2.75) is 45.2 Å². The summed E-state index contributed by atoms with van der Waals surface area (Å²) in [6, 6.07) is 6.82. The number of nitrogens with two attached hydrogens (primary N) is 2. The smallest absolute Gasteiger partial charge is 0.0205 e. The Morgan fingerprint density at radius 2 is 1.16 bits per heavy atom. The lowest BCUT2D eigenvalue weighted by molar-refractivity contribution is 0.583. The van der Waals surface area contributed by atoms with E-state index in [1.165, 1.54) is 16.7 Å². The van der Waals surface area contributed by atoms with Crippen LogP contribution in [0.2, 0.25) is 0 Å². The van der Waals surface area contributed by atoms with Gasteiger partial charge in [-0.3, -0.25) is 0 Å². The number of benzene rings is 1. The van der Waals surface area contributed by atoms with Gasteiger partial charge in [0, 0.05) is 13.1 Å². The Morgan fingerprint density at radius 1 is 0.677 bits per heavy atom. The van der Waals surface area contributed by atoms with Gasteiger partial charge in [0.15, 0.2) is 0 Å². The Balaban J connectivity index is 2.42. The van der Waals surface area contributed by atoms with E-state index in [1.807, 2.05) is 0 Å². The van der Waals surface area contributed by atoms with Crippen molar-refractivity contribution in [3.05, 3.63) is 41.0 Å². The predicted molar refractivity (Wildman–Crippen MR) is 139 cm³/mol. The van der Waals surface area contributed by atoms with Crippen molar-refractivity contribution in [2.75, 3.05) is 52.4 Å². The molecule has 1 aromatic rings. The van der Waals surface area contributed by atoms with Crippen LogP contribution in [-0.4, -0.2) is 57.7 Å². The summed E-state index contributed by atoms with van der Waals surface area (Å²) in [6.45, 7) is 9.36. The lowest BCUT2D eigenvalue weighted by Crippen LogP contribution is -2.24. The van der Waals surface area contributed by atoms with Crippen LogP contribution in [0.15, 0.2) is 24.3 Å². The van der Waals surface area contributed by atoms with Crippen molar-refractivity contribution in [1.29, 1.82) is 0 Å². The van der Waals surface area contributed by atoms with Gasteiger partial charge in [-0.25, -0.2) is 0 Å². The quantitative estimate of drug-likeness (QED) is 0.126. The van der Waals surface area contributed by atoms with Crippen LogP contribution in [-0.2, 0) is 13.1 Å². The fourth-order valence-corrected chi connectivity index (χ4v) is 3.31. The van der Waals surface area contributed by atoms with E-state index in [2.05, 4.69) is 51.6 Å². The van der Waals surface area contributed by atoms with E-state index in [0.717, 1.165) is 97.6 Å². The molecule has 0 saturated heterocycles. The highest BCUT2D eigenvalue weighted by atomic mass is 32.1. The Kier molecular flexibility index (Phi) is 18.6. The van der Waals surface area contributed by atoms with Crippen LogP contribution >= 0.6 is 12.2 Å². The zero-order valence-corrected chi connectivity index (χ0v) is 20.0. The molecule has 0 aromatic heterocycles. The topological polar surface area (TPSA) is 100 Å². The van der Waals surface area contributed by atoms with Gasteiger partial charge < -0.3 is 32.7 Å². The van der Waals surface area contributed by atoms with Crippen LogP contribution in [0, 0.1) is 0 Å². The fourth-order valence-electron chi connectivity index (χ4n) is 3.20. The van der Waals surface area contributed by atoms with Crippen molar-refractivity contribution >= 4 is 23.7 Å². The summed E-state index contributed by atoms with van der Waals surface area (Å²) < 4.78 is 0. The van der Waals surface area contributed by atoms with Crippen molar-refractivity contribution in [3.8, 4) is 0 Å². The SMILES string of the molecule is NCCCNCCCNCc1cc(/C=C/CC=S)cc(CNCCCNCCCN)c1. The normalized spacial score (nSPS) is 11.4. The molecule has 31 heavy (non-hydrogen) atoms. The molecule has 0 saturated carbocycles. The van der Waals surface area contributed by atoms with E-state index < -0.39 is 0 Å². The van der Waals surface area contributed by atoms with Crippen molar-refractivity contribution in [1.82, 2.24) is 21.3 Å².